The summed E-state index contributed by atoms with van der Waals surface area (Å²) in [7, 11) is 0. The first-order valence-corrected chi connectivity index (χ1v) is 5.09. The summed E-state index contributed by atoms with van der Waals surface area (Å²) in [6.45, 7) is 7.96. The second-order valence-electron chi connectivity index (χ2n) is 5.50. The van der Waals surface area contributed by atoms with Gasteiger partial charge in [0.25, 0.3) is 0 Å². The van der Waals surface area contributed by atoms with E-state index in [4.69, 9.17) is 5.73 Å². The van der Waals surface area contributed by atoms with Gasteiger partial charge in [-0.1, -0.05) is 34.1 Å². The number of hydrogen-bond acceptors (Lipinski definition) is 2. The van der Waals surface area contributed by atoms with Gasteiger partial charge in [0.05, 0.1) is 0 Å². The van der Waals surface area contributed by atoms with Crippen molar-refractivity contribution >= 4 is 5.78 Å². The molecule has 0 aromatic carbocycles. The van der Waals surface area contributed by atoms with Gasteiger partial charge in [-0.05, 0) is 12.8 Å². The van der Waals surface area contributed by atoms with Crippen LogP contribution in [0.3, 0.4) is 0 Å². The molecule has 13 heavy (non-hydrogen) atoms. The Morgan fingerprint density at radius 3 is 2.31 bits per heavy atom. The highest BCUT2D eigenvalue weighted by Gasteiger charge is 2.46. The fourth-order valence-corrected chi connectivity index (χ4v) is 2.33. The maximum Gasteiger partial charge on any atom is 0.145 e. The van der Waals surface area contributed by atoms with Gasteiger partial charge in [0.2, 0.25) is 0 Å². The van der Waals surface area contributed by atoms with Gasteiger partial charge in [0.15, 0.2) is 0 Å². The van der Waals surface area contributed by atoms with Gasteiger partial charge >= 0.3 is 0 Å². The standard InChI is InChI=1S/C11H21NO/c1-10(2,3)9(13)11(4)7-5-6-8(11)12/h8H,5-7,12H2,1-4H3. The highest BCUT2D eigenvalue weighted by Crippen LogP contribution is 2.42. The van der Waals surface area contributed by atoms with Gasteiger partial charge in [-0.15, -0.1) is 0 Å². The van der Waals surface area contributed by atoms with E-state index in [1.54, 1.807) is 0 Å². The fraction of sp³-hybridized carbons (Fsp3) is 0.909. The van der Waals surface area contributed by atoms with Crippen molar-refractivity contribution in [3.63, 3.8) is 0 Å². The van der Waals surface area contributed by atoms with E-state index in [0.717, 1.165) is 19.3 Å². The van der Waals surface area contributed by atoms with Crippen molar-refractivity contribution in [3.05, 3.63) is 0 Å². The zero-order valence-electron chi connectivity index (χ0n) is 9.18. The quantitative estimate of drug-likeness (QED) is 0.676. The maximum atomic E-state index is 12.1. The minimum atomic E-state index is -0.266. The maximum absolute atomic E-state index is 12.1. The normalized spacial score (nSPS) is 35.0. The van der Waals surface area contributed by atoms with Crippen molar-refractivity contribution in [1.29, 1.82) is 0 Å². The lowest BCUT2D eigenvalue weighted by Gasteiger charge is -2.33. The largest absolute Gasteiger partial charge is 0.327 e. The summed E-state index contributed by atoms with van der Waals surface area (Å²) in [6, 6.07) is 0.0687. The Kier molecular flexibility index (Phi) is 2.54. The SMILES string of the molecule is CC(C)(C)C(=O)C1(C)CCCC1N. The Morgan fingerprint density at radius 1 is 1.46 bits per heavy atom. The molecule has 2 unspecified atom stereocenters. The first-order chi connectivity index (χ1) is 5.78. The highest BCUT2D eigenvalue weighted by atomic mass is 16.1. The molecule has 0 heterocycles. The lowest BCUT2D eigenvalue weighted by Crippen LogP contribution is -2.46. The number of ketones is 1. The third-order valence-corrected chi connectivity index (χ3v) is 3.23. The second-order valence-corrected chi connectivity index (χ2v) is 5.50. The molecule has 2 nitrogen and oxygen atoms in total. The van der Waals surface area contributed by atoms with E-state index in [9.17, 15) is 4.79 Å². The molecule has 1 saturated carbocycles. The highest BCUT2D eigenvalue weighted by molar-refractivity contribution is 5.90. The van der Waals surface area contributed by atoms with Crippen LogP contribution in [-0.2, 0) is 4.79 Å². The molecular formula is C11H21NO. The summed E-state index contributed by atoms with van der Waals surface area (Å²) < 4.78 is 0. The lowest BCUT2D eigenvalue weighted by molar-refractivity contribution is -0.136. The summed E-state index contributed by atoms with van der Waals surface area (Å²) in [6.07, 6.45) is 3.06. The van der Waals surface area contributed by atoms with Crippen molar-refractivity contribution < 1.29 is 4.79 Å². The van der Waals surface area contributed by atoms with Gasteiger partial charge in [-0.2, -0.15) is 0 Å². The minimum Gasteiger partial charge on any atom is -0.327 e. The van der Waals surface area contributed by atoms with Crippen LogP contribution in [0.4, 0.5) is 0 Å². The summed E-state index contributed by atoms with van der Waals surface area (Å²) in [5.74, 6) is 0.324. The van der Waals surface area contributed by atoms with Crippen LogP contribution in [0.15, 0.2) is 0 Å². The Hall–Kier alpha value is -0.370. The molecule has 0 aromatic heterocycles. The molecule has 0 aliphatic heterocycles. The number of Topliss-reactive ketones (excluding diaryl/α,β-unsaturated/α-hetero) is 1. The van der Waals surface area contributed by atoms with Crippen molar-refractivity contribution in [2.24, 2.45) is 16.6 Å². The molecule has 1 aliphatic carbocycles. The molecule has 1 rings (SSSR count). The summed E-state index contributed by atoms with van der Waals surface area (Å²) in [4.78, 5) is 12.1. The molecule has 0 spiro atoms. The van der Waals surface area contributed by atoms with Crippen LogP contribution < -0.4 is 5.73 Å². The van der Waals surface area contributed by atoms with Crippen LogP contribution in [-0.4, -0.2) is 11.8 Å². The number of carbonyl (C=O) groups excluding carboxylic acids is 1. The molecule has 0 amide bonds. The first kappa shape index (κ1) is 10.7. The molecule has 2 atom stereocenters. The third-order valence-electron chi connectivity index (χ3n) is 3.23. The fourth-order valence-electron chi connectivity index (χ4n) is 2.33. The third kappa shape index (κ3) is 1.78. The Balaban J connectivity index is 2.87. The molecule has 1 aliphatic rings. The number of hydrogen-bond donors (Lipinski definition) is 1. The molecule has 0 saturated heterocycles. The van der Waals surface area contributed by atoms with E-state index < -0.39 is 0 Å². The molecule has 1 fully saturated rings. The molecule has 0 aromatic rings. The molecular weight excluding hydrogens is 162 g/mol. The average molecular weight is 183 g/mol. The monoisotopic (exact) mass is 183 g/mol. The van der Waals surface area contributed by atoms with Crippen LogP contribution >= 0.6 is 0 Å². The van der Waals surface area contributed by atoms with Crippen molar-refractivity contribution in [2.45, 2.75) is 53.0 Å². The van der Waals surface area contributed by atoms with Crippen molar-refractivity contribution in [2.75, 3.05) is 0 Å². The van der Waals surface area contributed by atoms with Gasteiger partial charge in [0, 0.05) is 16.9 Å². The van der Waals surface area contributed by atoms with Crippen LogP contribution in [0, 0.1) is 10.8 Å². The zero-order valence-corrected chi connectivity index (χ0v) is 9.18. The summed E-state index contributed by atoms with van der Waals surface area (Å²) in [5.41, 5.74) is 5.47. The van der Waals surface area contributed by atoms with Gasteiger partial charge in [-0.3, -0.25) is 4.79 Å². The Morgan fingerprint density at radius 2 is 2.00 bits per heavy atom. The minimum absolute atomic E-state index is 0.0687. The predicted molar refractivity (Wildman–Crippen MR) is 54.4 cm³/mol. The zero-order chi connectivity index (χ0) is 10.3. The van der Waals surface area contributed by atoms with Crippen LogP contribution in [0.5, 0.6) is 0 Å². The summed E-state index contributed by atoms with van der Waals surface area (Å²) >= 11 is 0. The number of carbonyl (C=O) groups is 1. The summed E-state index contributed by atoms with van der Waals surface area (Å²) in [5, 5.41) is 0. The lowest BCUT2D eigenvalue weighted by atomic mass is 9.71. The van der Waals surface area contributed by atoms with E-state index in [-0.39, 0.29) is 16.9 Å². The van der Waals surface area contributed by atoms with E-state index in [1.807, 2.05) is 27.7 Å². The van der Waals surface area contributed by atoms with Crippen molar-refractivity contribution in [1.82, 2.24) is 0 Å². The van der Waals surface area contributed by atoms with Crippen LogP contribution in [0.25, 0.3) is 0 Å². The Bertz CT molecular complexity index is 217. The number of nitrogens with two attached hydrogens (primary N) is 1. The topological polar surface area (TPSA) is 43.1 Å². The molecule has 0 bridgehead atoms. The molecule has 2 heteroatoms. The van der Waals surface area contributed by atoms with E-state index >= 15 is 0 Å². The Labute approximate surface area is 80.9 Å². The van der Waals surface area contributed by atoms with Gasteiger partial charge in [0.1, 0.15) is 5.78 Å². The van der Waals surface area contributed by atoms with Crippen LogP contribution in [0.1, 0.15) is 47.0 Å². The van der Waals surface area contributed by atoms with E-state index in [2.05, 4.69) is 0 Å². The molecule has 2 N–H and O–H groups in total. The van der Waals surface area contributed by atoms with Gasteiger partial charge in [-0.25, -0.2) is 0 Å². The van der Waals surface area contributed by atoms with Crippen molar-refractivity contribution in [3.8, 4) is 0 Å². The van der Waals surface area contributed by atoms with E-state index in [0.29, 0.717) is 5.78 Å². The number of rotatable bonds is 1. The predicted octanol–water partition coefficient (Wildman–Crippen LogP) is 2.12. The molecule has 0 radical (unpaired) electrons. The smallest absolute Gasteiger partial charge is 0.145 e. The first-order valence-electron chi connectivity index (χ1n) is 5.09. The van der Waals surface area contributed by atoms with E-state index in [1.165, 1.54) is 0 Å². The second kappa shape index (κ2) is 3.09. The molecule has 76 valence electrons. The van der Waals surface area contributed by atoms with Gasteiger partial charge < -0.3 is 5.73 Å². The van der Waals surface area contributed by atoms with Crippen LogP contribution in [0.2, 0.25) is 0 Å². The average Bonchev–Trinajstić information content (AvgIpc) is 2.30.